The summed E-state index contributed by atoms with van der Waals surface area (Å²) in [6.45, 7) is 4.36. The fourth-order valence-electron chi connectivity index (χ4n) is 6.16. The van der Waals surface area contributed by atoms with Gasteiger partial charge >= 0.3 is 5.97 Å². The third kappa shape index (κ3) is 6.39. The van der Waals surface area contributed by atoms with E-state index < -0.39 is 0 Å². The molecule has 35 heavy (non-hydrogen) atoms. The van der Waals surface area contributed by atoms with E-state index in [9.17, 15) is 4.79 Å². The molecule has 4 nitrogen and oxygen atoms in total. The number of allylic oxidation sites excluding steroid dienone is 1. The van der Waals surface area contributed by atoms with E-state index in [-0.39, 0.29) is 5.97 Å². The molecule has 2 bridgehead atoms. The molecule has 0 aliphatic heterocycles. The maximum atomic E-state index is 11.8. The minimum Gasteiger partial charge on any atom is -0.420 e. The maximum absolute atomic E-state index is 11.8. The van der Waals surface area contributed by atoms with Gasteiger partial charge in [-0.25, -0.2) is 14.8 Å². The van der Waals surface area contributed by atoms with E-state index >= 15 is 0 Å². The Morgan fingerprint density at radius 3 is 2.17 bits per heavy atom. The van der Waals surface area contributed by atoms with Gasteiger partial charge in [0.1, 0.15) is 0 Å². The van der Waals surface area contributed by atoms with Crippen molar-refractivity contribution in [2.45, 2.75) is 109 Å². The second-order valence-corrected chi connectivity index (χ2v) is 10.9. The molecule has 2 aromatic rings. The normalized spacial score (nSPS) is 23.6. The summed E-state index contributed by atoms with van der Waals surface area (Å²) in [5.41, 5.74) is 3.49. The van der Waals surface area contributed by atoms with Crippen molar-refractivity contribution in [3.8, 4) is 17.1 Å². The smallest absolute Gasteiger partial charge is 0.335 e. The van der Waals surface area contributed by atoms with E-state index in [1.165, 1.54) is 88.7 Å². The first-order valence-electron chi connectivity index (χ1n) is 13.9. The highest BCUT2D eigenvalue weighted by Crippen LogP contribution is 2.59. The monoisotopic (exact) mass is 474 g/mol. The highest BCUT2D eigenvalue weighted by Gasteiger charge is 2.48. The van der Waals surface area contributed by atoms with Crippen LogP contribution in [0.15, 0.2) is 48.8 Å². The molecule has 3 saturated carbocycles. The van der Waals surface area contributed by atoms with E-state index in [4.69, 9.17) is 4.74 Å². The van der Waals surface area contributed by atoms with E-state index in [1.54, 1.807) is 12.4 Å². The highest BCUT2D eigenvalue weighted by molar-refractivity contribution is 5.83. The average molecular weight is 475 g/mol. The zero-order valence-corrected chi connectivity index (χ0v) is 21.7. The van der Waals surface area contributed by atoms with Crippen molar-refractivity contribution >= 4 is 5.97 Å². The van der Waals surface area contributed by atoms with Crippen molar-refractivity contribution in [1.29, 1.82) is 0 Å². The lowest BCUT2D eigenvalue weighted by molar-refractivity contribution is -0.129. The number of fused-ring (bicyclic) bond motifs is 3. The fourth-order valence-corrected chi connectivity index (χ4v) is 6.16. The van der Waals surface area contributed by atoms with Gasteiger partial charge in [-0.15, -0.1) is 0 Å². The van der Waals surface area contributed by atoms with Gasteiger partial charge in [0, 0.05) is 11.6 Å². The molecule has 3 aliphatic carbocycles. The van der Waals surface area contributed by atoms with Crippen LogP contribution < -0.4 is 4.74 Å². The van der Waals surface area contributed by atoms with Crippen LogP contribution in [0, 0.1) is 5.41 Å². The van der Waals surface area contributed by atoms with Gasteiger partial charge in [-0.2, -0.15) is 0 Å². The SMILES string of the molecule is CCC/C=C/C(=O)Oc1cnc(-c2ccc(C34CCC(CCCCCCC)(CC3)CC4)cc2)nc1. The summed E-state index contributed by atoms with van der Waals surface area (Å²) < 4.78 is 5.28. The van der Waals surface area contributed by atoms with Crippen LogP contribution in [0.1, 0.15) is 109 Å². The molecule has 0 atom stereocenters. The van der Waals surface area contributed by atoms with Gasteiger partial charge in [-0.1, -0.05) is 82.7 Å². The largest absolute Gasteiger partial charge is 0.420 e. The molecule has 1 aromatic heterocycles. The van der Waals surface area contributed by atoms with Crippen molar-refractivity contribution < 1.29 is 9.53 Å². The molecular formula is C31H42N2O2. The minimum atomic E-state index is -0.390. The first-order valence-corrected chi connectivity index (χ1v) is 13.9. The number of benzene rings is 1. The molecule has 0 radical (unpaired) electrons. The third-order valence-electron chi connectivity index (χ3n) is 8.52. The summed E-state index contributed by atoms with van der Waals surface area (Å²) in [6.07, 6.45) is 25.0. The molecule has 1 heterocycles. The molecule has 0 spiro atoms. The molecule has 3 fully saturated rings. The number of hydrogen-bond donors (Lipinski definition) is 0. The van der Waals surface area contributed by atoms with Gasteiger partial charge < -0.3 is 4.74 Å². The Morgan fingerprint density at radius 2 is 1.54 bits per heavy atom. The summed E-state index contributed by atoms with van der Waals surface area (Å²) in [7, 11) is 0. The molecule has 0 N–H and O–H groups in total. The lowest BCUT2D eigenvalue weighted by atomic mass is 9.51. The van der Waals surface area contributed by atoms with Crippen LogP contribution in [0.3, 0.4) is 0 Å². The molecule has 1 aromatic carbocycles. The average Bonchev–Trinajstić information content (AvgIpc) is 2.90. The first kappa shape index (κ1) is 25.6. The van der Waals surface area contributed by atoms with Gasteiger partial charge in [-0.05, 0) is 67.8 Å². The number of carbonyl (C=O) groups is 1. The van der Waals surface area contributed by atoms with E-state index in [0.717, 1.165) is 18.4 Å². The van der Waals surface area contributed by atoms with E-state index in [2.05, 4.69) is 48.1 Å². The predicted octanol–water partition coefficient (Wildman–Crippen LogP) is 8.36. The number of ether oxygens (including phenoxy) is 1. The van der Waals surface area contributed by atoms with Gasteiger partial charge in [0.15, 0.2) is 11.6 Å². The van der Waals surface area contributed by atoms with Crippen molar-refractivity contribution in [2.75, 3.05) is 0 Å². The number of unbranched alkanes of at least 4 members (excludes halogenated alkanes) is 5. The molecule has 3 aliphatic rings. The molecule has 188 valence electrons. The van der Waals surface area contributed by atoms with Gasteiger partial charge in [0.25, 0.3) is 0 Å². The lowest BCUT2D eigenvalue weighted by Crippen LogP contribution is -2.44. The van der Waals surface area contributed by atoms with Crippen LogP contribution >= 0.6 is 0 Å². The number of aromatic nitrogens is 2. The third-order valence-corrected chi connectivity index (χ3v) is 8.52. The van der Waals surface area contributed by atoms with Crippen LogP contribution in [0.4, 0.5) is 0 Å². The maximum Gasteiger partial charge on any atom is 0.335 e. The van der Waals surface area contributed by atoms with Crippen molar-refractivity contribution in [3.63, 3.8) is 0 Å². The first-order chi connectivity index (χ1) is 17.1. The zero-order chi connectivity index (χ0) is 24.6. The molecule has 4 heteroatoms. The summed E-state index contributed by atoms with van der Waals surface area (Å²) >= 11 is 0. The van der Waals surface area contributed by atoms with E-state index in [0.29, 0.717) is 22.4 Å². The summed E-state index contributed by atoms with van der Waals surface area (Å²) in [5.74, 6) is 0.636. The Kier molecular flexibility index (Phi) is 8.75. The Balaban J connectivity index is 1.32. The van der Waals surface area contributed by atoms with Crippen LogP contribution in [0.25, 0.3) is 11.4 Å². The number of hydrogen-bond acceptors (Lipinski definition) is 4. The molecule has 5 rings (SSSR count). The molecular weight excluding hydrogens is 432 g/mol. The quantitative estimate of drug-likeness (QED) is 0.176. The summed E-state index contributed by atoms with van der Waals surface area (Å²) in [6, 6.07) is 8.91. The zero-order valence-electron chi connectivity index (χ0n) is 21.7. The Morgan fingerprint density at radius 1 is 0.886 bits per heavy atom. The summed E-state index contributed by atoms with van der Waals surface area (Å²) in [4.78, 5) is 20.7. The Labute approximate surface area is 211 Å². The van der Waals surface area contributed by atoms with Crippen molar-refractivity contribution in [1.82, 2.24) is 9.97 Å². The number of rotatable bonds is 12. The Hall–Kier alpha value is -2.49. The topological polar surface area (TPSA) is 52.1 Å². The van der Waals surface area contributed by atoms with Gasteiger partial charge in [-0.3, -0.25) is 0 Å². The highest BCUT2D eigenvalue weighted by atomic mass is 16.5. The standard InChI is InChI=1S/C31H42N2O2/c1-3-5-7-8-10-16-30-17-20-31(21-18-30,22-19-30)26-14-12-25(13-15-26)29-32-23-27(24-33-29)35-28(34)11-9-6-4-2/h9,11-15,23-24H,3-8,10,16-22H2,1-2H3/b11-9+. The van der Waals surface area contributed by atoms with Crippen LogP contribution in [-0.2, 0) is 10.2 Å². The second-order valence-electron chi connectivity index (χ2n) is 10.9. The Bertz CT molecular complexity index is 954. The fraction of sp³-hybridized carbons (Fsp3) is 0.581. The van der Waals surface area contributed by atoms with Gasteiger partial charge in [0.05, 0.1) is 12.4 Å². The lowest BCUT2D eigenvalue weighted by Gasteiger charge is -2.54. The second kappa shape index (κ2) is 12.0. The molecule has 0 saturated heterocycles. The minimum absolute atomic E-state index is 0.368. The number of esters is 1. The van der Waals surface area contributed by atoms with Crippen LogP contribution in [-0.4, -0.2) is 15.9 Å². The number of nitrogens with zero attached hydrogens (tertiary/aromatic N) is 2. The van der Waals surface area contributed by atoms with Gasteiger partial charge in [0.2, 0.25) is 0 Å². The molecule has 0 unspecified atom stereocenters. The van der Waals surface area contributed by atoms with Crippen LogP contribution in [0.2, 0.25) is 0 Å². The predicted molar refractivity (Wildman–Crippen MR) is 142 cm³/mol. The van der Waals surface area contributed by atoms with E-state index in [1.807, 2.05) is 6.08 Å². The van der Waals surface area contributed by atoms with Crippen molar-refractivity contribution in [2.24, 2.45) is 5.41 Å². The van der Waals surface area contributed by atoms with Crippen LogP contribution in [0.5, 0.6) is 5.75 Å². The van der Waals surface area contributed by atoms with Crippen molar-refractivity contribution in [3.05, 3.63) is 54.4 Å². The number of carbonyl (C=O) groups excluding carboxylic acids is 1. The molecule has 0 amide bonds. The summed E-state index contributed by atoms with van der Waals surface area (Å²) in [5, 5.41) is 0.